The van der Waals surface area contributed by atoms with E-state index in [0.717, 1.165) is 6.07 Å². The van der Waals surface area contributed by atoms with Gasteiger partial charge in [0, 0.05) is 28.2 Å². The number of pyridine rings is 1. The Kier molecular flexibility index (Phi) is 5.00. The number of hydrogen-bond acceptors (Lipinski definition) is 6. The maximum atomic E-state index is 12.8. The van der Waals surface area contributed by atoms with E-state index in [1.54, 1.807) is 18.2 Å². The Morgan fingerprint density at radius 2 is 1.88 bits per heavy atom. The molecule has 0 saturated carbocycles. The van der Waals surface area contributed by atoms with Gasteiger partial charge in [-0.05, 0) is 40.5 Å². The molecule has 0 radical (unpaired) electrons. The summed E-state index contributed by atoms with van der Waals surface area (Å²) in [5.41, 5.74) is 0.331. The highest BCUT2D eigenvalue weighted by atomic mass is 79.9. The molecule has 0 spiro atoms. The lowest BCUT2D eigenvalue weighted by atomic mass is 10.2. The molecule has 2 aromatic carbocycles. The Hall–Kier alpha value is -2.04. The summed E-state index contributed by atoms with van der Waals surface area (Å²) < 4.78 is 32.0. The number of hydrogen-bond donors (Lipinski definition) is 0. The third kappa shape index (κ3) is 3.44. The number of nitro groups is 1. The molecule has 0 unspecified atom stereocenters. The smallest absolute Gasteiger partial charge is 0.339 e. The third-order valence-electron chi connectivity index (χ3n) is 3.60. The van der Waals surface area contributed by atoms with Crippen LogP contribution in [0, 0.1) is 17.0 Å². The van der Waals surface area contributed by atoms with Crippen molar-refractivity contribution in [1.29, 1.82) is 0 Å². The first-order chi connectivity index (χ1) is 12.2. The number of rotatable bonds is 4. The Balaban J connectivity index is 2.17. The predicted molar refractivity (Wildman–Crippen MR) is 103 cm³/mol. The summed E-state index contributed by atoms with van der Waals surface area (Å²) in [6, 6.07) is 8.70. The third-order valence-corrected chi connectivity index (χ3v) is 6.21. The number of halogens is 2. The summed E-state index contributed by atoms with van der Waals surface area (Å²) in [7, 11) is -4.32. The van der Waals surface area contributed by atoms with Gasteiger partial charge in [0.25, 0.3) is 5.69 Å². The molecule has 0 aliphatic carbocycles. The molecule has 0 saturated heterocycles. The summed E-state index contributed by atoms with van der Waals surface area (Å²) in [6.07, 6.45) is 1.51. The van der Waals surface area contributed by atoms with Crippen molar-refractivity contribution in [2.75, 3.05) is 0 Å². The number of aromatic nitrogens is 1. The summed E-state index contributed by atoms with van der Waals surface area (Å²) in [4.78, 5) is 14.2. The number of nitro benzene ring substituents is 1. The molecule has 1 aromatic heterocycles. The van der Waals surface area contributed by atoms with Crippen molar-refractivity contribution in [3.05, 3.63) is 67.2 Å². The predicted octanol–water partition coefficient (Wildman–Crippen LogP) is 4.74. The normalized spacial score (nSPS) is 11.5. The molecule has 26 heavy (non-hydrogen) atoms. The van der Waals surface area contributed by atoms with E-state index in [4.69, 9.17) is 4.18 Å². The van der Waals surface area contributed by atoms with Gasteiger partial charge < -0.3 is 4.18 Å². The summed E-state index contributed by atoms with van der Waals surface area (Å²) in [6.45, 7) is 1.53. The molecule has 10 heteroatoms. The van der Waals surface area contributed by atoms with Crippen LogP contribution in [0.1, 0.15) is 5.56 Å². The summed E-state index contributed by atoms with van der Waals surface area (Å²) >= 11 is 6.68. The molecule has 134 valence electrons. The van der Waals surface area contributed by atoms with Gasteiger partial charge in [-0.1, -0.05) is 28.1 Å². The molecule has 0 atom stereocenters. The van der Waals surface area contributed by atoms with Crippen molar-refractivity contribution in [2.24, 2.45) is 0 Å². The highest BCUT2D eigenvalue weighted by Gasteiger charge is 2.25. The highest BCUT2D eigenvalue weighted by Crippen LogP contribution is 2.39. The lowest BCUT2D eigenvalue weighted by Crippen LogP contribution is -2.12. The van der Waals surface area contributed by atoms with Gasteiger partial charge in [0.15, 0.2) is 5.75 Å². The first-order valence-electron chi connectivity index (χ1n) is 7.13. The zero-order valence-electron chi connectivity index (χ0n) is 13.1. The highest BCUT2D eigenvalue weighted by molar-refractivity contribution is 9.11. The van der Waals surface area contributed by atoms with Crippen molar-refractivity contribution in [3.63, 3.8) is 0 Å². The van der Waals surface area contributed by atoms with Crippen LogP contribution in [-0.4, -0.2) is 18.3 Å². The molecule has 0 aliphatic rings. The van der Waals surface area contributed by atoms with Crippen LogP contribution in [0.2, 0.25) is 0 Å². The second-order valence-electron chi connectivity index (χ2n) is 5.31. The van der Waals surface area contributed by atoms with E-state index >= 15 is 0 Å². The Morgan fingerprint density at radius 3 is 2.58 bits per heavy atom. The van der Waals surface area contributed by atoms with Gasteiger partial charge in [-0.15, -0.1) is 0 Å². The number of non-ortho nitro benzene ring substituents is 1. The van der Waals surface area contributed by atoms with Gasteiger partial charge in [0.05, 0.1) is 9.40 Å². The standard InChI is InChI=1S/C16H10Br2N2O5S/c1-9-4-5-10(20(21)22)7-14(9)26(23,24)25-16-13(18)8-12(17)11-3-2-6-19-15(11)16/h2-8H,1H3. The molecule has 0 N–H and O–H groups in total. The van der Waals surface area contributed by atoms with Crippen LogP contribution in [0.4, 0.5) is 5.69 Å². The van der Waals surface area contributed by atoms with E-state index < -0.39 is 15.0 Å². The van der Waals surface area contributed by atoms with Crippen molar-refractivity contribution in [1.82, 2.24) is 4.98 Å². The average molecular weight is 502 g/mol. The van der Waals surface area contributed by atoms with Gasteiger partial charge in [0.2, 0.25) is 0 Å². The van der Waals surface area contributed by atoms with Crippen LogP contribution < -0.4 is 4.18 Å². The van der Waals surface area contributed by atoms with Crippen LogP contribution in [0.25, 0.3) is 10.9 Å². The first-order valence-corrected chi connectivity index (χ1v) is 10.1. The maximum Gasteiger partial charge on any atom is 0.339 e. The minimum Gasteiger partial charge on any atom is -0.375 e. The van der Waals surface area contributed by atoms with E-state index in [1.165, 1.54) is 25.3 Å². The van der Waals surface area contributed by atoms with Gasteiger partial charge in [0.1, 0.15) is 10.4 Å². The second kappa shape index (κ2) is 6.93. The fourth-order valence-electron chi connectivity index (χ4n) is 2.35. The fourth-order valence-corrected chi connectivity index (χ4v) is 5.02. The molecule has 0 bridgehead atoms. The topological polar surface area (TPSA) is 99.4 Å². The molecule has 3 aromatic rings. The van der Waals surface area contributed by atoms with E-state index in [2.05, 4.69) is 36.8 Å². The van der Waals surface area contributed by atoms with Crippen LogP contribution in [0.5, 0.6) is 5.75 Å². The van der Waals surface area contributed by atoms with Crippen LogP contribution in [-0.2, 0) is 10.1 Å². The number of fused-ring (bicyclic) bond motifs is 1. The molecular formula is C16H10Br2N2O5S. The number of aryl methyl sites for hydroxylation is 1. The minimum atomic E-state index is -4.32. The molecular weight excluding hydrogens is 492 g/mol. The Bertz CT molecular complexity index is 1150. The number of nitrogens with zero attached hydrogens (tertiary/aromatic N) is 2. The lowest BCUT2D eigenvalue weighted by molar-refractivity contribution is -0.385. The van der Waals surface area contributed by atoms with Gasteiger partial charge in [-0.3, -0.25) is 15.1 Å². The minimum absolute atomic E-state index is 0.00899. The van der Waals surface area contributed by atoms with Gasteiger partial charge in [-0.2, -0.15) is 8.42 Å². The Labute approximate surface area is 165 Å². The van der Waals surface area contributed by atoms with E-state index in [1.807, 2.05) is 0 Å². The molecule has 7 nitrogen and oxygen atoms in total. The van der Waals surface area contributed by atoms with Gasteiger partial charge >= 0.3 is 10.1 Å². The quantitative estimate of drug-likeness (QED) is 0.290. The van der Waals surface area contributed by atoms with E-state index in [9.17, 15) is 18.5 Å². The second-order valence-corrected chi connectivity index (χ2v) is 8.54. The molecule has 0 aliphatic heterocycles. The van der Waals surface area contributed by atoms with Crippen molar-refractivity contribution < 1.29 is 17.5 Å². The first kappa shape index (κ1) is 18.7. The zero-order chi connectivity index (χ0) is 19.1. The van der Waals surface area contributed by atoms with Crippen LogP contribution in [0.15, 0.2) is 56.4 Å². The average Bonchev–Trinajstić information content (AvgIpc) is 2.58. The summed E-state index contributed by atoms with van der Waals surface area (Å²) in [5, 5.41) is 11.6. The molecule has 0 amide bonds. The number of benzene rings is 2. The van der Waals surface area contributed by atoms with Crippen molar-refractivity contribution in [3.8, 4) is 5.75 Å². The van der Waals surface area contributed by atoms with E-state index in [0.29, 0.717) is 25.4 Å². The SMILES string of the molecule is Cc1ccc([N+](=O)[O-])cc1S(=O)(=O)Oc1c(Br)cc(Br)c2cccnc12. The maximum absolute atomic E-state index is 12.8. The lowest BCUT2D eigenvalue weighted by Gasteiger charge is -2.13. The largest absolute Gasteiger partial charge is 0.375 e. The van der Waals surface area contributed by atoms with Gasteiger partial charge in [-0.25, -0.2) is 0 Å². The van der Waals surface area contributed by atoms with Crippen molar-refractivity contribution >= 4 is 58.6 Å². The van der Waals surface area contributed by atoms with Crippen LogP contribution in [0.3, 0.4) is 0 Å². The summed E-state index contributed by atoms with van der Waals surface area (Å²) in [5.74, 6) is 0.00899. The van der Waals surface area contributed by atoms with E-state index in [-0.39, 0.29) is 16.3 Å². The fraction of sp³-hybridized carbons (Fsp3) is 0.0625. The monoisotopic (exact) mass is 500 g/mol. The van der Waals surface area contributed by atoms with Crippen molar-refractivity contribution in [2.45, 2.75) is 11.8 Å². The Morgan fingerprint density at radius 1 is 1.15 bits per heavy atom. The molecule has 1 heterocycles. The molecule has 0 fully saturated rings. The zero-order valence-corrected chi connectivity index (χ0v) is 17.1. The molecule has 3 rings (SSSR count). The van der Waals surface area contributed by atoms with Crippen LogP contribution >= 0.6 is 31.9 Å².